The first-order valence-electron chi connectivity index (χ1n) is 6.80. The van der Waals surface area contributed by atoms with Crippen LogP contribution in [-0.4, -0.2) is 23.3 Å². The Bertz CT molecular complexity index is 774. The van der Waals surface area contributed by atoms with Crippen molar-refractivity contribution in [3.8, 4) is 12.1 Å². The number of halogens is 1. The van der Waals surface area contributed by atoms with Gasteiger partial charge in [-0.15, -0.1) is 0 Å². The number of ether oxygens (including phenoxy) is 1. The second-order valence-corrected chi connectivity index (χ2v) is 7.29. The standard InChI is InChI=1S/C15H11ClN4OS/c16-10-3-1-9(2-4-10)11-13(7-17)12(19)20-15(14(11,13)8-18)21-5-6-22-15/h1-4,11H,5-6H2,(H2,19,20)/t11-,13+,14+,15+/m0/s1. The van der Waals surface area contributed by atoms with Gasteiger partial charge in [0.25, 0.3) is 0 Å². The summed E-state index contributed by atoms with van der Waals surface area (Å²) in [4.78, 5) is 4.39. The fourth-order valence-electron chi connectivity index (χ4n) is 3.87. The average Bonchev–Trinajstić information content (AvgIpc) is 2.77. The van der Waals surface area contributed by atoms with Gasteiger partial charge >= 0.3 is 0 Å². The van der Waals surface area contributed by atoms with E-state index in [9.17, 15) is 10.5 Å². The Morgan fingerprint density at radius 1 is 1.32 bits per heavy atom. The van der Waals surface area contributed by atoms with E-state index in [2.05, 4.69) is 17.1 Å². The van der Waals surface area contributed by atoms with Crippen molar-refractivity contribution in [3.63, 3.8) is 0 Å². The highest BCUT2D eigenvalue weighted by atomic mass is 35.5. The molecular weight excluding hydrogens is 320 g/mol. The molecule has 1 saturated carbocycles. The summed E-state index contributed by atoms with van der Waals surface area (Å²) >= 11 is 7.39. The Hall–Kier alpha value is -1.73. The smallest absolute Gasteiger partial charge is 0.230 e. The van der Waals surface area contributed by atoms with Crippen LogP contribution in [0.3, 0.4) is 0 Å². The van der Waals surface area contributed by atoms with Gasteiger partial charge in [-0.05, 0) is 17.7 Å². The van der Waals surface area contributed by atoms with Crippen LogP contribution in [-0.2, 0) is 4.74 Å². The zero-order valence-electron chi connectivity index (χ0n) is 11.4. The number of benzene rings is 1. The van der Waals surface area contributed by atoms with Crippen LogP contribution in [0, 0.1) is 33.5 Å². The van der Waals surface area contributed by atoms with Crippen LogP contribution in [0.15, 0.2) is 29.3 Å². The van der Waals surface area contributed by atoms with Gasteiger partial charge < -0.3 is 10.5 Å². The van der Waals surface area contributed by atoms with E-state index in [1.807, 2.05) is 12.1 Å². The summed E-state index contributed by atoms with van der Waals surface area (Å²) < 4.78 is 5.82. The molecule has 0 amide bonds. The van der Waals surface area contributed by atoms with Crippen LogP contribution in [0.2, 0.25) is 5.02 Å². The van der Waals surface area contributed by atoms with E-state index in [4.69, 9.17) is 22.1 Å². The number of fused-ring (bicyclic) bond motifs is 2. The first-order chi connectivity index (χ1) is 10.6. The predicted molar refractivity (Wildman–Crippen MR) is 83.0 cm³/mol. The minimum absolute atomic E-state index is 0.200. The van der Waals surface area contributed by atoms with Gasteiger partial charge in [-0.25, -0.2) is 4.99 Å². The third-order valence-corrected chi connectivity index (χ3v) is 6.35. The fourth-order valence-corrected chi connectivity index (χ4v) is 5.32. The average molecular weight is 331 g/mol. The van der Waals surface area contributed by atoms with Crippen LogP contribution in [0.5, 0.6) is 0 Å². The van der Waals surface area contributed by atoms with E-state index < -0.39 is 15.9 Å². The monoisotopic (exact) mass is 330 g/mol. The molecular formula is C15H11ClN4OS. The molecule has 0 aromatic heterocycles. The highest BCUT2D eigenvalue weighted by Gasteiger charge is 2.93. The summed E-state index contributed by atoms with van der Waals surface area (Å²) in [7, 11) is 0. The van der Waals surface area contributed by atoms with Gasteiger partial charge in [0.15, 0.2) is 5.41 Å². The molecule has 2 N–H and O–H groups in total. The van der Waals surface area contributed by atoms with E-state index >= 15 is 0 Å². The van der Waals surface area contributed by atoms with Crippen LogP contribution >= 0.6 is 23.4 Å². The van der Waals surface area contributed by atoms with Crippen molar-refractivity contribution >= 4 is 29.2 Å². The second-order valence-electron chi connectivity index (χ2n) is 5.60. The number of nitrogens with two attached hydrogens (primary N) is 1. The number of rotatable bonds is 1. The summed E-state index contributed by atoms with van der Waals surface area (Å²) in [6.07, 6.45) is 0. The SMILES string of the molecule is N#C[C@@]12[C@@H](c3ccc(Cl)cc3)[C@]1(C#N)C(N)=N[C@@]21OCCS1. The maximum absolute atomic E-state index is 9.94. The minimum Gasteiger partial charge on any atom is -0.386 e. The Labute approximate surface area is 136 Å². The normalized spacial score (nSPS) is 41.6. The highest BCUT2D eigenvalue weighted by Crippen LogP contribution is 2.84. The van der Waals surface area contributed by atoms with Crippen molar-refractivity contribution in [1.82, 2.24) is 0 Å². The zero-order valence-corrected chi connectivity index (χ0v) is 13.0. The lowest BCUT2D eigenvalue weighted by Crippen LogP contribution is -2.34. The molecule has 0 bridgehead atoms. The lowest BCUT2D eigenvalue weighted by Gasteiger charge is -2.26. The van der Waals surface area contributed by atoms with Gasteiger partial charge in [0.1, 0.15) is 11.3 Å². The number of amidine groups is 1. The molecule has 2 heterocycles. The molecule has 3 aliphatic rings. The van der Waals surface area contributed by atoms with Crippen molar-refractivity contribution in [2.75, 3.05) is 12.4 Å². The molecule has 0 radical (unpaired) electrons. The quantitative estimate of drug-likeness (QED) is 0.852. The summed E-state index contributed by atoms with van der Waals surface area (Å²) in [5, 5.41) is 19.3. The van der Waals surface area contributed by atoms with E-state index in [1.54, 1.807) is 12.1 Å². The number of nitriles is 2. The molecule has 1 aromatic rings. The Morgan fingerprint density at radius 3 is 2.59 bits per heavy atom. The maximum Gasteiger partial charge on any atom is 0.230 e. The van der Waals surface area contributed by atoms with E-state index in [-0.39, 0.29) is 11.8 Å². The van der Waals surface area contributed by atoms with Gasteiger partial charge in [0.05, 0.1) is 18.7 Å². The highest BCUT2D eigenvalue weighted by molar-refractivity contribution is 8.00. The molecule has 22 heavy (non-hydrogen) atoms. The van der Waals surface area contributed by atoms with E-state index in [0.717, 1.165) is 11.3 Å². The Balaban J connectivity index is 1.92. The predicted octanol–water partition coefficient (Wildman–Crippen LogP) is 2.25. The van der Waals surface area contributed by atoms with Crippen molar-refractivity contribution in [1.29, 1.82) is 10.5 Å². The first kappa shape index (κ1) is 13.9. The van der Waals surface area contributed by atoms with Gasteiger partial charge in [-0.3, -0.25) is 0 Å². The van der Waals surface area contributed by atoms with Crippen LogP contribution < -0.4 is 5.73 Å². The van der Waals surface area contributed by atoms with Crippen molar-refractivity contribution < 1.29 is 4.74 Å². The van der Waals surface area contributed by atoms with Gasteiger partial charge in [0, 0.05) is 16.7 Å². The molecule has 1 saturated heterocycles. The Morgan fingerprint density at radius 2 is 2.05 bits per heavy atom. The second kappa shape index (κ2) is 4.17. The summed E-state index contributed by atoms with van der Waals surface area (Å²) in [5.41, 5.74) is 4.76. The number of thioether (sulfide) groups is 1. The number of hydrogen-bond donors (Lipinski definition) is 1. The number of nitrogens with zero attached hydrogens (tertiary/aromatic N) is 3. The molecule has 110 valence electrons. The molecule has 0 unspecified atom stereocenters. The number of aliphatic imine (C=N–C) groups is 1. The molecule has 7 heteroatoms. The molecule has 2 aliphatic heterocycles. The first-order valence-corrected chi connectivity index (χ1v) is 8.16. The molecule has 1 aliphatic carbocycles. The third-order valence-electron chi connectivity index (χ3n) is 4.81. The van der Waals surface area contributed by atoms with Crippen molar-refractivity contribution in [3.05, 3.63) is 34.9 Å². The van der Waals surface area contributed by atoms with E-state index in [1.165, 1.54) is 11.8 Å². The lowest BCUT2D eigenvalue weighted by molar-refractivity contribution is 0.0200. The van der Waals surface area contributed by atoms with Gasteiger partial charge in [-0.2, -0.15) is 10.5 Å². The molecule has 1 spiro atoms. The van der Waals surface area contributed by atoms with Crippen LogP contribution in [0.1, 0.15) is 11.5 Å². The third kappa shape index (κ3) is 1.24. The molecule has 2 fully saturated rings. The maximum atomic E-state index is 9.94. The largest absolute Gasteiger partial charge is 0.386 e. The van der Waals surface area contributed by atoms with Gasteiger partial charge in [-0.1, -0.05) is 35.5 Å². The molecule has 4 atom stereocenters. The van der Waals surface area contributed by atoms with Crippen LogP contribution in [0.4, 0.5) is 0 Å². The number of hydrogen-bond acceptors (Lipinski definition) is 6. The molecule has 5 nitrogen and oxygen atoms in total. The topological polar surface area (TPSA) is 95.2 Å². The van der Waals surface area contributed by atoms with Crippen LogP contribution in [0.25, 0.3) is 0 Å². The molecule has 4 rings (SSSR count). The lowest BCUT2D eigenvalue weighted by atomic mass is 9.95. The minimum atomic E-state index is -1.12. The van der Waals surface area contributed by atoms with Crippen molar-refractivity contribution in [2.24, 2.45) is 21.6 Å². The zero-order chi connectivity index (χ0) is 15.6. The molecule has 1 aromatic carbocycles. The van der Waals surface area contributed by atoms with Gasteiger partial charge in [0.2, 0.25) is 5.06 Å². The summed E-state index contributed by atoms with van der Waals surface area (Å²) in [6.45, 7) is 0.500. The summed E-state index contributed by atoms with van der Waals surface area (Å²) in [5.74, 6) is 0.580. The fraction of sp³-hybridized carbons (Fsp3) is 0.400. The van der Waals surface area contributed by atoms with E-state index in [0.29, 0.717) is 11.6 Å². The Kier molecular flexibility index (Phi) is 2.64. The summed E-state index contributed by atoms with van der Waals surface area (Å²) in [6, 6.07) is 11.8. The van der Waals surface area contributed by atoms with Crippen molar-refractivity contribution in [2.45, 2.75) is 11.0 Å².